The number of carbonyl (C=O) groups is 9. The van der Waals surface area contributed by atoms with E-state index in [1.807, 2.05) is 13.8 Å². The average Bonchev–Trinajstić information content (AvgIpc) is 3.31. The maximum absolute atomic E-state index is 14.8. The first-order valence-corrected chi connectivity index (χ1v) is 24.5. The quantitative estimate of drug-likeness (QED) is 0.0594. The van der Waals surface area contributed by atoms with Gasteiger partial charge in [-0.15, -0.1) is 0 Å². The van der Waals surface area contributed by atoms with Crippen LogP contribution in [0.25, 0.3) is 0 Å². The number of carbonyl (C=O) groups excluding carboxylic acids is 9. The number of amides is 8. The molecule has 3 rings (SSSR count). The van der Waals surface area contributed by atoms with E-state index in [0.29, 0.717) is 24.0 Å². The molecule has 71 heavy (non-hydrogen) atoms. The smallest absolute Gasteiger partial charge is 0.329 e. The zero-order valence-corrected chi connectivity index (χ0v) is 42.6. The number of rotatable bonds is 27. The molecule has 1 heterocycles. The minimum Gasteiger partial charge on any atom is -0.508 e. The van der Waals surface area contributed by atoms with Gasteiger partial charge in [-0.25, -0.2) is 4.79 Å². The summed E-state index contributed by atoms with van der Waals surface area (Å²) in [5.74, 6) is -7.35. The van der Waals surface area contributed by atoms with Gasteiger partial charge in [0.15, 0.2) is 0 Å². The number of likely N-dealkylation sites (tertiary alicyclic amines) is 1. The summed E-state index contributed by atoms with van der Waals surface area (Å²) in [7, 11) is 2.79. The van der Waals surface area contributed by atoms with Crippen LogP contribution in [-0.4, -0.2) is 136 Å². The number of primary amides is 1. The molecule has 9 N–H and O–H groups in total. The molecule has 0 spiro atoms. The maximum atomic E-state index is 14.8. The lowest BCUT2D eigenvalue weighted by atomic mass is 9.96. The Morgan fingerprint density at radius 1 is 0.789 bits per heavy atom. The highest BCUT2D eigenvalue weighted by Gasteiger charge is 2.42. The molecule has 1 aliphatic heterocycles. The van der Waals surface area contributed by atoms with E-state index in [2.05, 4.69) is 26.6 Å². The fraction of sp³-hybridized carbons (Fsp3) is 0.588. The van der Waals surface area contributed by atoms with Crippen LogP contribution in [0.4, 0.5) is 0 Å². The standard InChI is InChI=1S/C51H76N8O12/c1-10-31(6)44(51(70)71-32(7)45(49(68)55-37(25-29(2)3)46(65)53-8)57-47(66)36(23-24-40(52)61)54-41(62)26-30(4)5)56-48(67)38(27-34-19-21-35(60)22-20-34)58(9)50(69)39(28-33-15-12-11-13-16-33)59-42(63)17-14-18-43(59)64/h11-13,15-16,19-22,29-32,36-39,42,44-45,60,63H,10,14,17-18,23-28H2,1-9H3,(H2,52,61)(H,53,65)(H,54,62)(H,55,68)(H,56,67)(H,57,66)/t31?,32-,36-,37-,38-,39-,42-,44-,45-/m0/s1. The minimum absolute atomic E-state index is 0.0168. The number of esters is 1. The number of piperidine rings is 1. The molecule has 1 aliphatic rings. The number of phenols is 1. The van der Waals surface area contributed by atoms with Crippen molar-refractivity contribution in [3.63, 3.8) is 0 Å². The fourth-order valence-electron chi connectivity index (χ4n) is 8.25. The molecule has 0 aliphatic carbocycles. The summed E-state index contributed by atoms with van der Waals surface area (Å²) in [4.78, 5) is 126. The van der Waals surface area contributed by atoms with E-state index < -0.39 is 108 Å². The largest absolute Gasteiger partial charge is 0.508 e. The van der Waals surface area contributed by atoms with Crippen LogP contribution in [0.5, 0.6) is 5.75 Å². The summed E-state index contributed by atoms with van der Waals surface area (Å²) in [5, 5.41) is 34.3. The van der Waals surface area contributed by atoms with Gasteiger partial charge in [0.05, 0.1) is 0 Å². The van der Waals surface area contributed by atoms with E-state index in [-0.39, 0.29) is 69.0 Å². The molecule has 0 radical (unpaired) electrons. The van der Waals surface area contributed by atoms with Crippen molar-refractivity contribution in [1.82, 2.24) is 36.4 Å². The second-order valence-electron chi connectivity index (χ2n) is 19.2. The van der Waals surface area contributed by atoms with Crippen LogP contribution in [-0.2, 0) is 60.7 Å². The topological polar surface area (TPSA) is 296 Å². The number of nitrogens with one attached hydrogen (secondary N) is 5. The number of hydrogen-bond donors (Lipinski definition) is 8. The molecule has 9 atom stereocenters. The fourth-order valence-corrected chi connectivity index (χ4v) is 8.25. The zero-order chi connectivity index (χ0) is 53.1. The van der Waals surface area contributed by atoms with Gasteiger partial charge in [-0.3, -0.25) is 38.4 Å². The molecule has 20 nitrogen and oxygen atoms in total. The van der Waals surface area contributed by atoms with Gasteiger partial charge >= 0.3 is 5.97 Å². The van der Waals surface area contributed by atoms with E-state index in [9.17, 15) is 53.4 Å². The number of phenolic OH excluding ortho intramolecular Hbond substituents is 1. The molecule has 392 valence electrons. The highest BCUT2D eigenvalue weighted by Crippen LogP contribution is 2.25. The number of likely N-dealkylation sites (N-methyl/N-ethyl adjacent to an activating group) is 2. The first-order chi connectivity index (χ1) is 33.5. The summed E-state index contributed by atoms with van der Waals surface area (Å²) >= 11 is 0. The van der Waals surface area contributed by atoms with Crippen LogP contribution in [0.15, 0.2) is 54.6 Å². The molecule has 0 bridgehead atoms. The van der Waals surface area contributed by atoms with Gasteiger partial charge in [0.2, 0.25) is 47.3 Å². The van der Waals surface area contributed by atoms with E-state index in [4.69, 9.17) is 10.5 Å². The molecule has 1 fully saturated rings. The molecule has 1 saturated heterocycles. The molecule has 2 aromatic carbocycles. The van der Waals surface area contributed by atoms with Crippen molar-refractivity contribution in [1.29, 1.82) is 0 Å². The van der Waals surface area contributed by atoms with Crippen molar-refractivity contribution in [2.24, 2.45) is 23.5 Å². The Labute approximate surface area is 416 Å². The molecule has 8 amide bonds. The Morgan fingerprint density at radius 2 is 1.41 bits per heavy atom. The number of aliphatic hydroxyl groups excluding tert-OH is 1. The van der Waals surface area contributed by atoms with Gasteiger partial charge in [0, 0.05) is 46.2 Å². The Hall–Kier alpha value is -6.57. The van der Waals surface area contributed by atoms with Crippen LogP contribution in [0.3, 0.4) is 0 Å². The van der Waals surface area contributed by atoms with E-state index in [1.165, 1.54) is 38.1 Å². The Morgan fingerprint density at radius 3 is 1.97 bits per heavy atom. The molecule has 1 unspecified atom stereocenters. The molecular formula is C51H76N8O12. The monoisotopic (exact) mass is 993 g/mol. The lowest BCUT2D eigenvalue weighted by molar-refractivity contribution is -0.162. The highest BCUT2D eigenvalue weighted by molar-refractivity contribution is 5.96. The van der Waals surface area contributed by atoms with E-state index in [0.717, 1.165) is 4.90 Å². The second kappa shape index (κ2) is 28.3. The van der Waals surface area contributed by atoms with Crippen molar-refractivity contribution in [2.75, 3.05) is 14.1 Å². The van der Waals surface area contributed by atoms with Crippen LogP contribution in [0, 0.1) is 17.8 Å². The lowest BCUT2D eigenvalue weighted by Crippen LogP contribution is -2.62. The average molecular weight is 993 g/mol. The number of aromatic hydroxyl groups is 1. The van der Waals surface area contributed by atoms with Crippen molar-refractivity contribution >= 4 is 53.2 Å². The summed E-state index contributed by atoms with van der Waals surface area (Å²) in [5.41, 5.74) is 6.61. The van der Waals surface area contributed by atoms with Gasteiger partial charge in [-0.2, -0.15) is 0 Å². The molecule has 0 saturated carbocycles. The van der Waals surface area contributed by atoms with Gasteiger partial charge in [-0.1, -0.05) is 90.4 Å². The number of nitrogens with two attached hydrogens (primary N) is 1. The molecule has 2 aromatic rings. The highest BCUT2D eigenvalue weighted by atomic mass is 16.5. The summed E-state index contributed by atoms with van der Waals surface area (Å²) in [6, 6.07) is 6.78. The SMILES string of the molecule is CCC(C)[C@H](NC(=O)[C@H](Cc1ccc(O)cc1)N(C)C(=O)[C@H](Cc1ccccc1)N1C(=O)CCC[C@@H]1O)C(=O)O[C@@H](C)[C@H](NC(=O)[C@H](CCC(N)=O)NC(=O)CC(C)C)C(=O)N[C@@H](CC(C)C)C(=O)NC. The normalized spacial score (nSPS) is 17.0. The molecular weight excluding hydrogens is 917 g/mol. The van der Waals surface area contributed by atoms with Crippen molar-refractivity contribution in [3.05, 3.63) is 65.7 Å². The number of aliphatic hydroxyl groups is 1. The van der Waals surface area contributed by atoms with Gasteiger partial charge in [0.1, 0.15) is 54.3 Å². The van der Waals surface area contributed by atoms with Gasteiger partial charge in [-0.05, 0) is 73.6 Å². The second-order valence-corrected chi connectivity index (χ2v) is 19.2. The first kappa shape index (κ1) is 58.7. The van der Waals surface area contributed by atoms with Gasteiger partial charge in [0.25, 0.3) is 0 Å². The van der Waals surface area contributed by atoms with Crippen LogP contribution >= 0.6 is 0 Å². The first-order valence-electron chi connectivity index (χ1n) is 24.5. The Kier molecular flexibility index (Phi) is 23.4. The minimum atomic E-state index is -1.70. The van der Waals surface area contributed by atoms with Crippen LogP contribution in [0.1, 0.15) is 111 Å². The molecule has 20 heteroatoms. The van der Waals surface area contributed by atoms with E-state index in [1.54, 1.807) is 70.2 Å². The third-order valence-electron chi connectivity index (χ3n) is 12.5. The Bertz CT molecular complexity index is 2140. The summed E-state index contributed by atoms with van der Waals surface area (Å²) in [6.45, 7) is 12.0. The number of nitrogens with zero attached hydrogens (tertiary/aromatic N) is 2. The van der Waals surface area contributed by atoms with Crippen molar-refractivity contribution in [3.8, 4) is 5.75 Å². The number of ether oxygens (including phenoxy) is 1. The Balaban J connectivity index is 2.05. The maximum Gasteiger partial charge on any atom is 0.329 e. The predicted molar refractivity (Wildman–Crippen MR) is 263 cm³/mol. The molecule has 0 aromatic heterocycles. The number of benzene rings is 2. The summed E-state index contributed by atoms with van der Waals surface area (Å²) in [6.07, 6.45) is -2.05. The third-order valence-corrected chi connectivity index (χ3v) is 12.5. The summed E-state index contributed by atoms with van der Waals surface area (Å²) < 4.78 is 5.94. The van der Waals surface area contributed by atoms with Gasteiger partial charge < -0.3 is 57.1 Å². The van der Waals surface area contributed by atoms with Crippen molar-refractivity contribution in [2.45, 2.75) is 161 Å². The third kappa shape index (κ3) is 18.3. The zero-order valence-electron chi connectivity index (χ0n) is 42.6. The predicted octanol–water partition coefficient (Wildman–Crippen LogP) is 1.72. The number of hydrogen-bond acceptors (Lipinski definition) is 12. The lowest BCUT2D eigenvalue weighted by Gasteiger charge is -2.40. The van der Waals surface area contributed by atoms with Crippen LogP contribution < -0.4 is 32.3 Å². The van der Waals surface area contributed by atoms with E-state index >= 15 is 0 Å². The van der Waals surface area contributed by atoms with Crippen molar-refractivity contribution < 1.29 is 58.1 Å². The van der Waals surface area contributed by atoms with Crippen LogP contribution in [0.2, 0.25) is 0 Å².